The number of ether oxygens (including phenoxy) is 1. The van der Waals surface area contributed by atoms with Gasteiger partial charge in [0.1, 0.15) is 6.04 Å². The lowest BCUT2D eigenvalue weighted by atomic mass is 9.69. The van der Waals surface area contributed by atoms with Crippen molar-refractivity contribution < 1.29 is 19.1 Å². The molecule has 3 amide bonds. The van der Waals surface area contributed by atoms with Gasteiger partial charge in [-0.25, -0.2) is 0 Å². The monoisotopic (exact) mass is 387 g/mol. The van der Waals surface area contributed by atoms with Gasteiger partial charge in [0.05, 0.1) is 12.5 Å². The molecule has 152 valence electrons. The maximum absolute atomic E-state index is 13.5. The van der Waals surface area contributed by atoms with E-state index >= 15 is 0 Å². The minimum atomic E-state index is -0.607. The third-order valence-electron chi connectivity index (χ3n) is 5.82. The number of hydrogen-bond donors (Lipinski definition) is 2. The molecule has 3 atom stereocenters. The summed E-state index contributed by atoms with van der Waals surface area (Å²) in [6, 6.07) is 8.61. The van der Waals surface area contributed by atoms with Crippen molar-refractivity contribution in [2.75, 3.05) is 31.6 Å². The van der Waals surface area contributed by atoms with Crippen LogP contribution in [0.15, 0.2) is 30.3 Å². The van der Waals surface area contributed by atoms with Crippen LogP contribution in [0.25, 0.3) is 0 Å². The average Bonchev–Trinajstić information content (AvgIpc) is 3.14. The second kappa shape index (κ2) is 8.73. The number of hydrogen-bond acceptors (Lipinski definition) is 4. The third-order valence-corrected chi connectivity index (χ3v) is 5.82. The van der Waals surface area contributed by atoms with Gasteiger partial charge in [0.25, 0.3) is 0 Å². The predicted molar refractivity (Wildman–Crippen MR) is 106 cm³/mol. The summed E-state index contributed by atoms with van der Waals surface area (Å²) in [6.45, 7) is 5.51. The summed E-state index contributed by atoms with van der Waals surface area (Å²) in [5, 5.41) is 5.71. The number of anilines is 1. The topological polar surface area (TPSA) is 87.7 Å². The van der Waals surface area contributed by atoms with Crippen LogP contribution in [-0.4, -0.2) is 55.0 Å². The van der Waals surface area contributed by atoms with Crippen LogP contribution >= 0.6 is 0 Å². The van der Waals surface area contributed by atoms with Gasteiger partial charge in [-0.15, -0.1) is 0 Å². The number of carbonyl (C=O) groups is 3. The minimum absolute atomic E-state index is 0.0357. The zero-order valence-electron chi connectivity index (χ0n) is 16.6. The van der Waals surface area contributed by atoms with Crippen LogP contribution < -0.4 is 10.6 Å². The molecule has 2 aliphatic rings. The predicted octanol–water partition coefficient (Wildman–Crippen LogP) is 1.79. The number of rotatable bonds is 6. The molecule has 2 heterocycles. The van der Waals surface area contributed by atoms with E-state index in [1.165, 1.54) is 0 Å². The molecule has 0 saturated carbocycles. The molecular formula is C21H29N3O4. The van der Waals surface area contributed by atoms with Crippen LogP contribution in [0.4, 0.5) is 5.69 Å². The average molecular weight is 387 g/mol. The van der Waals surface area contributed by atoms with Crippen molar-refractivity contribution in [1.82, 2.24) is 10.2 Å². The maximum Gasteiger partial charge on any atom is 0.246 e. The molecular weight excluding hydrogens is 358 g/mol. The Morgan fingerprint density at radius 3 is 2.75 bits per heavy atom. The van der Waals surface area contributed by atoms with Gasteiger partial charge in [0, 0.05) is 37.2 Å². The Kier molecular flexibility index (Phi) is 6.34. The van der Waals surface area contributed by atoms with E-state index in [2.05, 4.69) is 10.6 Å². The molecule has 2 N–H and O–H groups in total. The van der Waals surface area contributed by atoms with E-state index in [9.17, 15) is 14.4 Å². The lowest BCUT2D eigenvalue weighted by molar-refractivity contribution is -0.149. The normalized spacial score (nSPS) is 25.2. The van der Waals surface area contributed by atoms with E-state index in [4.69, 9.17) is 4.74 Å². The van der Waals surface area contributed by atoms with Crippen LogP contribution in [0.2, 0.25) is 0 Å². The van der Waals surface area contributed by atoms with Gasteiger partial charge in [-0.2, -0.15) is 0 Å². The van der Waals surface area contributed by atoms with E-state index in [0.717, 1.165) is 6.42 Å². The molecule has 0 aliphatic carbocycles. The van der Waals surface area contributed by atoms with Crippen molar-refractivity contribution in [3.05, 3.63) is 30.3 Å². The molecule has 3 unspecified atom stereocenters. The Hall–Kier alpha value is -2.41. The first-order valence-electron chi connectivity index (χ1n) is 9.97. The largest absolute Gasteiger partial charge is 0.381 e. The van der Waals surface area contributed by atoms with Crippen molar-refractivity contribution >= 4 is 23.4 Å². The molecule has 1 aromatic rings. The van der Waals surface area contributed by atoms with E-state index in [1.54, 1.807) is 11.8 Å². The van der Waals surface area contributed by atoms with Crippen molar-refractivity contribution in [3.8, 4) is 0 Å². The van der Waals surface area contributed by atoms with Gasteiger partial charge in [-0.3, -0.25) is 14.4 Å². The standard InChI is InChI=1S/C21H29N3O4/c1-3-10-24(15(2)19(26)23-16-7-5-4-6-8-16)20(27)17-13-22-18(25)12-21(17)9-11-28-14-21/h4-8,15,17H,3,9-14H2,1-2H3,(H,22,25)(H,23,26). The zero-order chi connectivity index (χ0) is 20.1. The van der Waals surface area contributed by atoms with Crippen LogP contribution in [0, 0.1) is 11.3 Å². The Balaban J connectivity index is 1.77. The van der Waals surface area contributed by atoms with E-state index in [1.807, 2.05) is 37.3 Å². The molecule has 3 rings (SSSR count). The molecule has 1 spiro atoms. The Labute approximate surface area is 165 Å². The number of carbonyl (C=O) groups excluding carboxylic acids is 3. The highest BCUT2D eigenvalue weighted by molar-refractivity contribution is 5.97. The molecule has 0 radical (unpaired) electrons. The number of amides is 3. The van der Waals surface area contributed by atoms with Gasteiger partial charge < -0.3 is 20.3 Å². The highest BCUT2D eigenvalue weighted by Crippen LogP contribution is 2.43. The van der Waals surface area contributed by atoms with Crippen molar-refractivity contribution in [2.45, 2.75) is 39.2 Å². The first-order chi connectivity index (χ1) is 13.5. The number of nitrogens with one attached hydrogen (secondary N) is 2. The quantitative estimate of drug-likeness (QED) is 0.779. The summed E-state index contributed by atoms with van der Waals surface area (Å²) in [4.78, 5) is 39.9. The number of para-hydroxylation sites is 1. The first-order valence-corrected chi connectivity index (χ1v) is 9.97. The fourth-order valence-corrected chi connectivity index (χ4v) is 4.17. The van der Waals surface area contributed by atoms with Crippen molar-refractivity contribution in [2.24, 2.45) is 11.3 Å². The van der Waals surface area contributed by atoms with Gasteiger partial charge in [0.2, 0.25) is 17.7 Å². The lowest BCUT2D eigenvalue weighted by Crippen LogP contribution is -2.57. The van der Waals surface area contributed by atoms with Gasteiger partial charge in [-0.05, 0) is 31.9 Å². The Bertz CT molecular complexity index is 716. The van der Waals surface area contributed by atoms with Gasteiger partial charge >= 0.3 is 0 Å². The van der Waals surface area contributed by atoms with Crippen LogP contribution in [0.5, 0.6) is 0 Å². The zero-order valence-corrected chi connectivity index (χ0v) is 16.6. The molecule has 2 saturated heterocycles. The fourth-order valence-electron chi connectivity index (χ4n) is 4.17. The van der Waals surface area contributed by atoms with Gasteiger partial charge in [0.15, 0.2) is 0 Å². The van der Waals surface area contributed by atoms with Gasteiger partial charge in [-0.1, -0.05) is 25.1 Å². The first kappa shape index (κ1) is 20.3. The fraction of sp³-hybridized carbons (Fsp3) is 0.571. The molecule has 1 aromatic carbocycles. The van der Waals surface area contributed by atoms with Crippen LogP contribution in [0.1, 0.15) is 33.1 Å². The smallest absolute Gasteiger partial charge is 0.246 e. The Morgan fingerprint density at radius 1 is 1.36 bits per heavy atom. The van der Waals surface area contributed by atoms with Crippen molar-refractivity contribution in [3.63, 3.8) is 0 Å². The van der Waals surface area contributed by atoms with E-state index in [-0.39, 0.29) is 23.6 Å². The summed E-state index contributed by atoms with van der Waals surface area (Å²) in [7, 11) is 0. The van der Waals surface area contributed by atoms with E-state index in [0.29, 0.717) is 44.8 Å². The van der Waals surface area contributed by atoms with Crippen LogP contribution in [0.3, 0.4) is 0 Å². The summed E-state index contributed by atoms with van der Waals surface area (Å²) in [5.41, 5.74) is 0.245. The molecule has 2 aliphatic heterocycles. The molecule has 0 aromatic heterocycles. The molecule has 7 nitrogen and oxygen atoms in total. The third kappa shape index (κ3) is 4.19. The number of nitrogens with zero attached hydrogens (tertiary/aromatic N) is 1. The second-order valence-corrected chi connectivity index (χ2v) is 7.76. The second-order valence-electron chi connectivity index (χ2n) is 7.76. The van der Waals surface area contributed by atoms with Crippen LogP contribution in [-0.2, 0) is 19.1 Å². The molecule has 0 bridgehead atoms. The molecule has 7 heteroatoms. The SMILES string of the molecule is CCCN(C(=O)C1CNC(=O)CC12CCOC2)C(C)C(=O)Nc1ccccc1. The highest BCUT2D eigenvalue weighted by Gasteiger charge is 2.51. The van der Waals surface area contributed by atoms with Crippen molar-refractivity contribution in [1.29, 1.82) is 0 Å². The summed E-state index contributed by atoms with van der Waals surface area (Å²) < 4.78 is 5.56. The highest BCUT2D eigenvalue weighted by atomic mass is 16.5. The molecule has 28 heavy (non-hydrogen) atoms. The maximum atomic E-state index is 13.5. The number of piperidine rings is 1. The summed E-state index contributed by atoms with van der Waals surface area (Å²) in [5.74, 6) is -0.703. The summed E-state index contributed by atoms with van der Waals surface area (Å²) in [6.07, 6.45) is 1.74. The Morgan fingerprint density at radius 2 is 2.11 bits per heavy atom. The minimum Gasteiger partial charge on any atom is -0.381 e. The number of benzene rings is 1. The lowest BCUT2D eigenvalue weighted by Gasteiger charge is -2.42. The van der Waals surface area contributed by atoms with E-state index < -0.39 is 11.5 Å². The summed E-state index contributed by atoms with van der Waals surface area (Å²) >= 11 is 0. The molecule has 2 fully saturated rings.